The maximum atomic E-state index is 12.7. The molecule has 1 heterocycles. The number of ether oxygens (including phenoxy) is 1. The highest BCUT2D eigenvalue weighted by Crippen LogP contribution is 2.44. The van der Waals surface area contributed by atoms with Crippen LogP contribution in [0.15, 0.2) is 60.9 Å². The van der Waals surface area contributed by atoms with E-state index in [2.05, 4.69) is 27.9 Å². The molecule has 1 aromatic heterocycles. The Bertz CT molecular complexity index is 1170. The molecule has 0 radical (unpaired) electrons. The molecule has 4 rings (SSSR count). The van der Waals surface area contributed by atoms with Gasteiger partial charge in [-0.15, -0.1) is 0 Å². The number of aromatic nitrogens is 2. The van der Waals surface area contributed by atoms with Gasteiger partial charge < -0.3 is 20.5 Å². The SMILES string of the molecule is CC(C)(NC(=O)OCC1c2ccccc2-c2ccccc21)C(=O)Nc1cnn(CC(=O)O)c1. The van der Waals surface area contributed by atoms with Gasteiger partial charge in [0.05, 0.1) is 11.9 Å². The third kappa shape index (κ3) is 4.72. The van der Waals surface area contributed by atoms with Crippen molar-refractivity contribution in [1.29, 1.82) is 0 Å². The second kappa shape index (κ2) is 8.78. The van der Waals surface area contributed by atoms with Crippen LogP contribution in [0.1, 0.15) is 30.9 Å². The van der Waals surface area contributed by atoms with Gasteiger partial charge in [-0.25, -0.2) is 4.79 Å². The predicted octanol–water partition coefficient (Wildman–Crippen LogP) is 3.22. The van der Waals surface area contributed by atoms with Crippen LogP contribution >= 0.6 is 0 Å². The number of fused-ring (bicyclic) bond motifs is 3. The lowest BCUT2D eigenvalue weighted by Gasteiger charge is -2.25. The number of benzene rings is 2. The van der Waals surface area contributed by atoms with Gasteiger partial charge in [-0.3, -0.25) is 14.3 Å². The number of carbonyl (C=O) groups excluding carboxylic acids is 2. The molecule has 0 fully saturated rings. The number of nitrogens with one attached hydrogen (secondary N) is 2. The normalized spacial score (nSPS) is 12.5. The van der Waals surface area contributed by atoms with Crippen LogP contribution in [0.25, 0.3) is 11.1 Å². The van der Waals surface area contributed by atoms with Crippen LogP contribution in [0.2, 0.25) is 0 Å². The molecule has 0 bridgehead atoms. The number of nitrogens with zero attached hydrogens (tertiary/aromatic N) is 2. The standard InChI is InChI=1S/C24H24N4O5/c1-24(2,22(31)26-15-11-25-28(12-15)13-21(29)30)27-23(32)33-14-20-18-9-5-3-7-16(18)17-8-4-6-10-19(17)20/h3-12,20H,13-14H2,1-2H3,(H,26,31)(H,27,32)(H,29,30). The Morgan fingerprint density at radius 2 is 1.67 bits per heavy atom. The van der Waals surface area contributed by atoms with Crippen molar-refractivity contribution < 1.29 is 24.2 Å². The van der Waals surface area contributed by atoms with E-state index in [0.29, 0.717) is 5.69 Å². The Morgan fingerprint density at radius 1 is 1.06 bits per heavy atom. The summed E-state index contributed by atoms with van der Waals surface area (Å²) in [5, 5.41) is 17.9. The highest BCUT2D eigenvalue weighted by molar-refractivity contribution is 5.99. The van der Waals surface area contributed by atoms with Gasteiger partial charge in [0.2, 0.25) is 5.91 Å². The molecule has 3 aromatic rings. The number of aliphatic carboxylic acids is 1. The van der Waals surface area contributed by atoms with Gasteiger partial charge in [-0.05, 0) is 36.1 Å². The lowest BCUT2D eigenvalue weighted by molar-refractivity contribution is -0.137. The van der Waals surface area contributed by atoms with E-state index in [1.54, 1.807) is 13.8 Å². The van der Waals surface area contributed by atoms with E-state index >= 15 is 0 Å². The third-order valence-corrected chi connectivity index (χ3v) is 5.51. The number of anilines is 1. The zero-order valence-electron chi connectivity index (χ0n) is 18.2. The number of amides is 2. The largest absolute Gasteiger partial charge is 0.480 e. The highest BCUT2D eigenvalue weighted by Gasteiger charge is 2.32. The quantitative estimate of drug-likeness (QED) is 0.510. The first-order valence-corrected chi connectivity index (χ1v) is 10.4. The predicted molar refractivity (Wildman–Crippen MR) is 121 cm³/mol. The minimum absolute atomic E-state index is 0.0832. The number of carbonyl (C=O) groups is 3. The lowest BCUT2D eigenvalue weighted by Crippen LogP contribution is -2.52. The first-order chi connectivity index (χ1) is 15.7. The molecule has 0 saturated heterocycles. The molecule has 2 aromatic carbocycles. The molecule has 0 aliphatic heterocycles. The van der Waals surface area contributed by atoms with E-state index in [4.69, 9.17) is 9.84 Å². The lowest BCUT2D eigenvalue weighted by atomic mass is 9.98. The molecule has 0 saturated carbocycles. The highest BCUT2D eigenvalue weighted by atomic mass is 16.5. The van der Waals surface area contributed by atoms with Gasteiger partial charge >= 0.3 is 12.1 Å². The fourth-order valence-corrected chi connectivity index (χ4v) is 3.89. The average Bonchev–Trinajstić information content (AvgIpc) is 3.33. The zero-order chi connectivity index (χ0) is 23.6. The first-order valence-electron chi connectivity index (χ1n) is 10.4. The zero-order valence-corrected chi connectivity index (χ0v) is 18.2. The van der Waals surface area contributed by atoms with Gasteiger partial charge in [0, 0.05) is 12.1 Å². The van der Waals surface area contributed by atoms with Gasteiger partial charge in [0.25, 0.3) is 0 Å². The summed E-state index contributed by atoms with van der Waals surface area (Å²) < 4.78 is 6.70. The Morgan fingerprint density at radius 3 is 2.27 bits per heavy atom. The number of alkyl carbamates (subject to hydrolysis) is 1. The molecule has 0 atom stereocenters. The minimum atomic E-state index is -1.28. The second-order valence-electron chi connectivity index (χ2n) is 8.35. The fourth-order valence-electron chi connectivity index (χ4n) is 3.89. The van der Waals surface area contributed by atoms with Crippen molar-refractivity contribution in [3.63, 3.8) is 0 Å². The summed E-state index contributed by atoms with van der Waals surface area (Å²) in [7, 11) is 0. The van der Waals surface area contributed by atoms with E-state index in [9.17, 15) is 14.4 Å². The molecule has 1 aliphatic rings. The summed E-state index contributed by atoms with van der Waals surface area (Å²) >= 11 is 0. The topological polar surface area (TPSA) is 123 Å². The van der Waals surface area contributed by atoms with Gasteiger partial charge in [-0.2, -0.15) is 5.10 Å². The number of carboxylic acid groups (broad SMARTS) is 1. The third-order valence-electron chi connectivity index (χ3n) is 5.51. The number of rotatable bonds is 7. The van der Waals surface area contributed by atoms with Crippen LogP contribution in [-0.4, -0.2) is 45.0 Å². The van der Waals surface area contributed by atoms with Gasteiger partial charge in [0.1, 0.15) is 18.7 Å². The maximum Gasteiger partial charge on any atom is 0.408 e. The van der Waals surface area contributed by atoms with Crippen molar-refractivity contribution >= 4 is 23.7 Å². The van der Waals surface area contributed by atoms with Gasteiger partial charge in [-0.1, -0.05) is 48.5 Å². The van der Waals surface area contributed by atoms with E-state index in [0.717, 1.165) is 22.3 Å². The van der Waals surface area contributed by atoms with E-state index in [-0.39, 0.29) is 19.1 Å². The van der Waals surface area contributed by atoms with Crippen molar-refractivity contribution in [3.05, 3.63) is 72.1 Å². The van der Waals surface area contributed by atoms with Crippen LogP contribution in [0.4, 0.5) is 10.5 Å². The van der Waals surface area contributed by atoms with E-state index in [1.807, 2.05) is 36.4 Å². The molecule has 1 aliphatic carbocycles. The van der Waals surface area contributed by atoms with Crippen LogP contribution in [0, 0.1) is 0 Å². The first kappa shape index (κ1) is 22.1. The fraction of sp³-hybridized carbons (Fsp3) is 0.250. The number of hydrogen-bond acceptors (Lipinski definition) is 5. The van der Waals surface area contributed by atoms with Crippen molar-refractivity contribution in [2.45, 2.75) is 31.8 Å². The van der Waals surface area contributed by atoms with Crippen LogP contribution in [0.3, 0.4) is 0 Å². The number of hydrogen-bond donors (Lipinski definition) is 3. The Balaban J connectivity index is 1.37. The Hall–Kier alpha value is -4.14. The maximum absolute atomic E-state index is 12.7. The monoisotopic (exact) mass is 448 g/mol. The summed E-state index contributed by atoms with van der Waals surface area (Å²) in [6, 6.07) is 16.1. The molecule has 9 nitrogen and oxygen atoms in total. The van der Waals surface area contributed by atoms with Crippen molar-refractivity contribution in [1.82, 2.24) is 15.1 Å². The minimum Gasteiger partial charge on any atom is -0.480 e. The van der Waals surface area contributed by atoms with E-state index in [1.165, 1.54) is 17.1 Å². The van der Waals surface area contributed by atoms with Crippen LogP contribution in [0.5, 0.6) is 0 Å². The van der Waals surface area contributed by atoms with Crippen LogP contribution in [-0.2, 0) is 20.9 Å². The summed E-state index contributed by atoms with van der Waals surface area (Å²) in [4.78, 5) is 35.9. The molecular formula is C24H24N4O5. The molecular weight excluding hydrogens is 424 g/mol. The molecule has 9 heteroatoms. The average molecular weight is 448 g/mol. The summed E-state index contributed by atoms with van der Waals surface area (Å²) in [5.74, 6) is -1.63. The van der Waals surface area contributed by atoms with Crippen molar-refractivity contribution in [2.24, 2.45) is 0 Å². The summed E-state index contributed by atoms with van der Waals surface area (Å²) in [6.07, 6.45) is 2.03. The molecule has 2 amide bonds. The number of carboxylic acids is 1. The summed E-state index contributed by atoms with van der Waals surface area (Å²) in [6.45, 7) is 2.91. The molecule has 3 N–H and O–H groups in total. The Labute approximate surface area is 190 Å². The van der Waals surface area contributed by atoms with Gasteiger partial charge in [0.15, 0.2) is 0 Å². The van der Waals surface area contributed by atoms with Crippen molar-refractivity contribution in [2.75, 3.05) is 11.9 Å². The molecule has 0 unspecified atom stereocenters. The Kier molecular flexibility index (Phi) is 5.87. The van der Waals surface area contributed by atoms with E-state index < -0.39 is 23.5 Å². The van der Waals surface area contributed by atoms with Crippen LogP contribution < -0.4 is 10.6 Å². The molecule has 170 valence electrons. The summed E-state index contributed by atoms with van der Waals surface area (Å²) in [5.41, 5.74) is 3.50. The smallest absolute Gasteiger partial charge is 0.408 e. The second-order valence-corrected chi connectivity index (χ2v) is 8.35. The van der Waals surface area contributed by atoms with Crippen molar-refractivity contribution in [3.8, 4) is 11.1 Å². The molecule has 0 spiro atoms. The molecule has 33 heavy (non-hydrogen) atoms.